The van der Waals surface area contributed by atoms with Gasteiger partial charge < -0.3 is 5.32 Å². The van der Waals surface area contributed by atoms with Crippen LogP contribution in [-0.4, -0.2) is 36.1 Å². The van der Waals surface area contributed by atoms with Crippen LogP contribution in [0.2, 0.25) is 0 Å². The van der Waals surface area contributed by atoms with Gasteiger partial charge in [0.1, 0.15) is 0 Å². The zero-order valence-corrected chi connectivity index (χ0v) is 11.0. The van der Waals surface area contributed by atoms with Gasteiger partial charge in [0.2, 0.25) is 0 Å². The van der Waals surface area contributed by atoms with Crippen LogP contribution in [0.5, 0.6) is 0 Å². The maximum atomic E-state index is 3.75. The zero-order chi connectivity index (χ0) is 11.4. The Hall–Kier alpha value is -0.0800. The Morgan fingerprint density at radius 2 is 1.75 bits per heavy atom. The van der Waals surface area contributed by atoms with Crippen molar-refractivity contribution in [1.29, 1.82) is 0 Å². The first-order valence-corrected chi connectivity index (χ1v) is 7.26. The minimum absolute atomic E-state index is 0.723. The van der Waals surface area contributed by atoms with Gasteiger partial charge in [0.05, 0.1) is 0 Å². The molecule has 2 heteroatoms. The van der Waals surface area contributed by atoms with Crippen LogP contribution in [0.3, 0.4) is 0 Å². The predicted octanol–water partition coefficient (Wildman–Crippen LogP) is 2.78. The normalized spacial score (nSPS) is 23.2. The summed E-state index contributed by atoms with van der Waals surface area (Å²) in [7, 11) is 0. The summed E-state index contributed by atoms with van der Waals surface area (Å²) in [4.78, 5) is 2.68. The molecule has 16 heavy (non-hydrogen) atoms. The van der Waals surface area contributed by atoms with Crippen LogP contribution in [0.15, 0.2) is 0 Å². The van der Waals surface area contributed by atoms with E-state index in [0.29, 0.717) is 0 Å². The Balaban J connectivity index is 1.61. The molecule has 0 atom stereocenters. The van der Waals surface area contributed by atoms with Crippen molar-refractivity contribution in [3.8, 4) is 0 Å². The van der Waals surface area contributed by atoms with E-state index in [1.807, 2.05) is 0 Å². The highest BCUT2D eigenvalue weighted by Gasteiger charge is 2.30. The van der Waals surface area contributed by atoms with Crippen LogP contribution < -0.4 is 5.32 Å². The summed E-state index contributed by atoms with van der Waals surface area (Å²) >= 11 is 0. The molecule has 2 aliphatic carbocycles. The Bertz CT molecular complexity index is 191. The van der Waals surface area contributed by atoms with Crippen LogP contribution in [0, 0.1) is 0 Å². The van der Waals surface area contributed by atoms with Gasteiger partial charge in [-0.1, -0.05) is 19.3 Å². The summed E-state index contributed by atoms with van der Waals surface area (Å²) in [6.45, 7) is 7.11. The van der Waals surface area contributed by atoms with Crippen molar-refractivity contribution < 1.29 is 0 Å². The Kier molecular flexibility index (Phi) is 4.66. The lowest BCUT2D eigenvalue weighted by Gasteiger charge is -2.28. The molecule has 0 radical (unpaired) electrons. The van der Waals surface area contributed by atoms with E-state index in [1.54, 1.807) is 0 Å². The molecule has 0 heterocycles. The number of nitrogens with zero attached hydrogens (tertiary/aromatic N) is 1. The highest BCUT2D eigenvalue weighted by Crippen LogP contribution is 2.28. The Labute approximate surface area is 101 Å². The molecule has 2 aliphatic rings. The smallest absolute Gasteiger partial charge is 0.0113 e. The number of rotatable bonds is 6. The molecule has 0 amide bonds. The monoisotopic (exact) mass is 224 g/mol. The van der Waals surface area contributed by atoms with E-state index in [9.17, 15) is 0 Å². The molecule has 0 aromatic carbocycles. The Morgan fingerprint density at radius 3 is 2.31 bits per heavy atom. The molecule has 0 bridgehead atoms. The average molecular weight is 224 g/mol. The average Bonchev–Trinajstić information content (AvgIpc) is 3.09. The summed E-state index contributed by atoms with van der Waals surface area (Å²) in [5.74, 6) is 0. The van der Waals surface area contributed by atoms with Gasteiger partial charge in [-0.05, 0) is 39.5 Å². The molecule has 0 unspecified atom stereocenters. The van der Waals surface area contributed by atoms with Crippen molar-refractivity contribution in [2.75, 3.05) is 13.1 Å². The molecule has 2 nitrogen and oxygen atoms in total. The maximum Gasteiger partial charge on any atom is 0.0113 e. The van der Waals surface area contributed by atoms with Crippen LogP contribution >= 0.6 is 0 Å². The molecule has 1 N–H and O–H groups in total. The third-order valence-corrected chi connectivity index (χ3v) is 4.09. The van der Waals surface area contributed by atoms with E-state index in [4.69, 9.17) is 0 Å². The second-order valence-corrected chi connectivity index (χ2v) is 5.85. The fourth-order valence-electron chi connectivity index (χ4n) is 2.97. The quantitative estimate of drug-likeness (QED) is 0.746. The van der Waals surface area contributed by atoms with Crippen LogP contribution in [0.4, 0.5) is 0 Å². The van der Waals surface area contributed by atoms with E-state index in [2.05, 4.69) is 24.1 Å². The zero-order valence-electron chi connectivity index (χ0n) is 11.0. The predicted molar refractivity (Wildman–Crippen MR) is 69.7 cm³/mol. The van der Waals surface area contributed by atoms with E-state index in [0.717, 1.165) is 18.1 Å². The second-order valence-electron chi connectivity index (χ2n) is 5.85. The highest BCUT2D eigenvalue weighted by atomic mass is 15.2. The lowest BCUT2D eigenvalue weighted by Crippen LogP contribution is -2.41. The number of hydrogen-bond donors (Lipinski definition) is 1. The lowest BCUT2D eigenvalue weighted by atomic mass is 9.95. The first kappa shape index (κ1) is 12.4. The molecule has 2 rings (SSSR count). The van der Waals surface area contributed by atoms with Gasteiger partial charge in [-0.2, -0.15) is 0 Å². The lowest BCUT2D eigenvalue weighted by molar-refractivity contribution is 0.206. The third-order valence-electron chi connectivity index (χ3n) is 4.09. The van der Waals surface area contributed by atoms with Crippen LogP contribution in [0.25, 0.3) is 0 Å². The standard InChI is InChI=1S/C14H28N2/c1-12(2)16(14-8-9-14)11-10-15-13-6-4-3-5-7-13/h12-15H,3-11H2,1-2H3. The topological polar surface area (TPSA) is 15.3 Å². The molecule has 2 fully saturated rings. The fraction of sp³-hybridized carbons (Fsp3) is 1.00. The van der Waals surface area contributed by atoms with Crippen LogP contribution in [0.1, 0.15) is 58.8 Å². The summed E-state index contributed by atoms with van der Waals surface area (Å²) in [6.07, 6.45) is 10.0. The van der Waals surface area contributed by atoms with Crippen LogP contribution in [-0.2, 0) is 0 Å². The summed E-state index contributed by atoms with van der Waals surface area (Å²) in [5.41, 5.74) is 0. The number of nitrogens with one attached hydrogen (secondary N) is 1. The second kappa shape index (κ2) is 6.02. The van der Waals surface area contributed by atoms with Crippen molar-refractivity contribution in [3.63, 3.8) is 0 Å². The summed E-state index contributed by atoms with van der Waals surface area (Å²) < 4.78 is 0. The first-order chi connectivity index (χ1) is 7.77. The minimum Gasteiger partial charge on any atom is -0.313 e. The van der Waals surface area contributed by atoms with Crippen molar-refractivity contribution in [3.05, 3.63) is 0 Å². The third kappa shape index (κ3) is 3.74. The Morgan fingerprint density at radius 1 is 1.06 bits per heavy atom. The van der Waals surface area contributed by atoms with Crippen molar-refractivity contribution in [2.24, 2.45) is 0 Å². The van der Waals surface area contributed by atoms with Gasteiger partial charge in [-0.25, -0.2) is 0 Å². The van der Waals surface area contributed by atoms with Crippen molar-refractivity contribution in [2.45, 2.75) is 76.9 Å². The van der Waals surface area contributed by atoms with Gasteiger partial charge in [0, 0.05) is 31.2 Å². The van der Waals surface area contributed by atoms with E-state index >= 15 is 0 Å². The molecule has 94 valence electrons. The fourth-order valence-corrected chi connectivity index (χ4v) is 2.97. The van der Waals surface area contributed by atoms with E-state index in [1.165, 1.54) is 58.0 Å². The van der Waals surface area contributed by atoms with Crippen molar-refractivity contribution in [1.82, 2.24) is 10.2 Å². The van der Waals surface area contributed by atoms with Gasteiger partial charge in [-0.3, -0.25) is 4.90 Å². The minimum atomic E-state index is 0.723. The molecule has 0 saturated heterocycles. The van der Waals surface area contributed by atoms with Gasteiger partial charge in [0.15, 0.2) is 0 Å². The van der Waals surface area contributed by atoms with Gasteiger partial charge >= 0.3 is 0 Å². The molecule has 0 aliphatic heterocycles. The SMILES string of the molecule is CC(C)N(CCNC1CCCCC1)C1CC1. The molecular weight excluding hydrogens is 196 g/mol. The van der Waals surface area contributed by atoms with Gasteiger partial charge in [0.25, 0.3) is 0 Å². The van der Waals surface area contributed by atoms with Crippen molar-refractivity contribution >= 4 is 0 Å². The van der Waals surface area contributed by atoms with E-state index < -0.39 is 0 Å². The largest absolute Gasteiger partial charge is 0.313 e. The molecule has 0 aromatic rings. The molecular formula is C14H28N2. The first-order valence-electron chi connectivity index (χ1n) is 7.26. The number of hydrogen-bond acceptors (Lipinski definition) is 2. The van der Waals surface area contributed by atoms with E-state index in [-0.39, 0.29) is 0 Å². The molecule has 2 saturated carbocycles. The summed E-state index contributed by atoms with van der Waals surface area (Å²) in [6, 6.07) is 2.45. The maximum absolute atomic E-state index is 3.75. The summed E-state index contributed by atoms with van der Waals surface area (Å²) in [5, 5.41) is 3.75. The highest BCUT2D eigenvalue weighted by molar-refractivity contribution is 4.86. The molecule has 0 spiro atoms. The van der Waals surface area contributed by atoms with Gasteiger partial charge in [-0.15, -0.1) is 0 Å². The molecule has 0 aromatic heterocycles.